The molecule has 0 atom stereocenters. The van der Waals surface area contributed by atoms with Gasteiger partial charge in [0.2, 0.25) is 0 Å². The summed E-state index contributed by atoms with van der Waals surface area (Å²) in [7, 11) is 2.15. The van der Waals surface area contributed by atoms with Gasteiger partial charge in [0.15, 0.2) is 0 Å². The number of nitrogens with zero attached hydrogens (tertiary/aromatic N) is 1. The summed E-state index contributed by atoms with van der Waals surface area (Å²) in [6.45, 7) is 7.95. The van der Waals surface area contributed by atoms with E-state index in [2.05, 4.69) is 62.1 Å². The summed E-state index contributed by atoms with van der Waals surface area (Å²) >= 11 is 0. The molecule has 1 aromatic heterocycles. The highest BCUT2D eigenvalue weighted by molar-refractivity contribution is 5.85. The Labute approximate surface area is 122 Å². The zero-order valence-electron chi connectivity index (χ0n) is 13.2. The van der Waals surface area contributed by atoms with Gasteiger partial charge in [0.1, 0.15) is 0 Å². The van der Waals surface area contributed by atoms with E-state index < -0.39 is 0 Å². The van der Waals surface area contributed by atoms with Crippen molar-refractivity contribution in [1.82, 2.24) is 9.88 Å². The van der Waals surface area contributed by atoms with Gasteiger partial charge in [0.25, 0.3) is 0 Å². The molecular weight excluding hydrogens is 244 g/mol. The molecule has 1 N–H and O–H groups in total. The first-order chi connectivity index (χ1) is 9.45. The van der Waals surface area contributed by atoms with Crippen molar-refractivity contribution in [1.29, 1.82) is 0 Å². The van der Waals surface area contributed by atoms with Crippen LogP contribution in [0.4, 0.5) is 0 Å². The highest BCUT2D eigenvalue weighted by Crippen LogP contribution is 2.29. The Morgan fingerprint density at radius 2 is 2.00 bits per heavy atom. The van der Waals surface area contributed by atoms with E-state index in [1.165, 1.54) is 34.9 Å². The van der Waals surface area contributed by atoms with Crippen molar-refractivity contribution >= 4 is 10.9 Å². The van der Waals surface area contributed by atoms with E-state index in [9.17, 15) is 0 Å². The Balaban J connectivity index is 1.89. The molecule has 1 aliphatic rings. The van der Waals surface area contributed by atoms with Crippen molar-refractivity contribution in [3.05, 3.63) is 35.5 Å². The van der Waals surface area contributed by atoms with Crippen molar-refractivity contribution < 1.29 is 0 Å². The number of aryl methyl sites for hydroxylation is 1. The van der Waals surface area contributed by atoms with Crippen LogP contribution in [0.1, 0.15) is 44.7 Å². The van der Waals surface area contributed by atoms with Gasteiger partial charge >= 0.3 is 0 Å². The molecule has 108 valence electrons. The summed E-state index contributed by atoms with van der Waals surface area (Å²) in [6, 6.07) is 7.74. The molecule has 0 aliphatic heterocycles. The van der Waals surface area contributed by atoms with E-state index in [1.807, 2.05) is 0 Å². The molecule has 3 rings (SSSR count). The van der Waals surface area contributed by atoms with Crippen molar-refractivity contribution in [2.24, 2.45) is 7.05 Å². The average molecular weight is 270 g/mol. The van der Waals surface area contributed by atoms with Crippen LogP contribution in [0.15, 0.2) is 24.4 Å². The normalized spacial score (nSPS) is 16.0. The second-order valence-electron chi connectivity index (χ2n) is 7.23. The van der Waals surface area contributed by atoms with Crippen LogP contribution in [0.25, 0.3) is 10.9 Å². The highest BCUT2D eigenvalue weighted by atomic mass is 14.9. The first-order valence-corrected chi connectivity index (χ1v) is 7.77. The molecule has 2 heteroatoms. The minimum absolute atomic E-state index is 0.216. The smallest absolute Gasteiger partial charge is 0.0480 e. The molecule has 2 nitrogen and oxygen atoms in total. The number of hydrogen-bond acceptors (Lipinski definition) is 1. The van der Waals surface area contributed by atoms with Gasteiger partial charge in [-0.2, -0.15) is 0 Å². The lowest BCUT2D eigenvalue weighted by molar-refractivity contribution is 0.591. The van der Waals surface area contributed by atoms with Gasteiger partial charge in [-0.25, -0.2) is 0 Å². The van der Waals surface area contributed by atoms with Crippen LogP contribution >= 0.6 is 0 Å². The van der Waals surface area contributed by atoms with E-state index in [4.69, 9.17) is 0 Å². The van der Waals surface area contributed by atoms with E-state index in [1.54, 1.807) is 0 Å². The topological polar surface area (TPSA) is 17.0 Å². The number of rotatable bonds is 4. The molecule has 0 spiro atoms. The van der Waals surface area contributed by atoms with Crippen molar-refractivity contribution in [3.8, 4) is 0 Å². The Kier molecular flexibility index (Phi) is 3.37. The van der Waals surface area contributed by atoms with Gasteiger partial charge in [-0.05, 0) is 54.5 Å². The van der Waals surface area contributed by atoms with Crippen LogP contribution in [0.3, 0.4) is 0 Å². The Bertz CT molecular complexity index is 612. The zero-order chi connectivity index (χ0) is 14.3. The van der Waals surface area contributed by atoms with Crippen LogP contribution in [-0.4, -0.2) is 17.2 Å². The van der Waals surface area contributed by atoms with Gasteiger partial charge in [0.05, 0.1) is 0 Å². The van der Waals surface area contributed by atoms with Gasteiger partial charge in [-0.1, -0.05) is 26.8 Å². The third kappa shape index (κ3) is 2.76. The number of aromatic nitrogens is 1. The third-order valence-corrected chi connectivity index (χ3v) is 4.34. The van der Waals surface area contributed by atoms with E-state index in [-0.39, 0.29) is 5.41 Å². The first-order valence-electron chi connectivity index (χ1n) is 7.77. The molecule has 1 aliphatic carbocycles. The van der Waals surface area contributed by atoms with Crippen LogP contribution in [0, 0.1) is 0 Å². The average Bonchev–Trinajstić information content (AvgIpc) is 3.14. The van der Waals surface area contributed by atoms with E-state index in [0.29, 0.717) is 0 Å². The van der Waals surface area contributed by atoms with Crippen LogP contribution in [0.5, 0.6) is 0 Å². The number of fused-ring (bicyclic) bond motifs is 1. The maximum Gasteiger partial charge on any atom is 0.0480 e. The summed E-state index contributed by atoms with van der Waals surface area (Å²) in [6.07, 6.45) is 6.15. The standard InChI is InChI=1S/C18H26N2/c1-18(2,3)14-5-8-17-16(11-14)13(12-20(17)4)9-10-19-15-6-7-15/h5,8,11-12,15,19H,6-7,9-10H2,1-4H3. The minimum atomic E-state index is 0.216. The van der Waals surface area contributed by atoms with E-state index >= 15 is 0 Å². The largest absolute Gasteiger partial charge is 0.350 e. The molecule has 0 radical (unpaired) electrons. The zero-order valence-corrected chi connectivity index (χ0v) is 13.2. The Morgan fingerprint density at radius 1 is 1.25 bits per heavy atom. The summed E-state index contributed by atoms with van der Waals surface area (Å²) in [5, 5.41) is 5.04. The van der Waals surface area contributed by atoms with Crippen LogP contribution < -0.4 is 5.32 Å². The number of benzene rings is 1. The summed E-state index contributed by atoms with van der Waals surface area (Å²) in [5.41, 5.74) is 4.46. The summed E-state index contributed by atoms with van der Waals surface area (Å²) < 4.78 is 2.26. The lowest BCUT2D eigenvalue weighted by Crippen LogP contribution is -2.19. The van der Waals surface area contributed by atoms with Gasteiger partial charge in [-0.15, -0.1) is 0 Å². The second-order valence-corrected chi connectivity index (χ2v) is 7.23. The Hall–Kier alpha value is -1.28. The van der Waals surface area contributed by atoms with Crippen molar-refractivity contribution in [2.45, 2.75) is 51.5 Å². The lowest BCUT2D eigenvalue weighted by Gasteiger charge is -2.19. The van der Waals surface area contributed by atoms with Crippen molar-refractivity contribution in [2.75, 3.05) is 6.54 Å². The maximum atomic E-state index is 3.61. The van der Waals surface area contributed by atoms with Gasteiger partial charge < -0.3 is 9.88 Å². The molecule has 1 aromatic carbocycles. The molecule has 0 saturated heterocycles. The van der Waals surface area contributed by atoms with Crippen molar-refractivity contribution in [3.63, 3.8) is 0 Å². The highest BCUT2D eigenvalue weighted by Gasteiger charge is 2.20. The van der Waals surface area contributed by atoms with Gasteiger partial charge in [0, 0.05) is 30.2 Å². The first kappa shape index (κ1) is 13.7. The van der Waals surface area contributed by atoms with Crippen LogP contribution in [0.2, 0.25) is 0 Å². The van der Waals surface area contributed by atoms with Crippen LogP contribution in [-0.2, 0) is 18.9 Å². The fourth-order valence-corrected chi connectivity index (χ4v) is 2.84. The third-order valence-electron chi connectivity index (χ3n) is 4.34. The quantitative estimate of drug-likeness (QED) is 0.895. The molecule has 1 heterocycles. The van der Waals surface area contributed by atoms with E-state index in [0.717, 1.165) is 19.0 Å². The second kappa shape index (κ2) is 4.92. The number of nitrogens with one attached hydrogen (secondary N) is 1. The monoisotopic (exact) mass is 270 g/mol. The molecule has 0 amide bonds. The predicted octanol–water partition coefficient (Wildman–Crippen LogP) is 3.77. The lowest BCUT2D eigenvalue weighted by atomic mass is 9.86. The summed E-state index contributed by atoms with van der Waals surface area (Å²) in [4.78, 5) is 0. The molecular formula is C18H26N2. The fourth-order valence-electron chi connectivity index (χ4n) is 2.84. The summed E-state index contributed by atoms with van der Waals surface area (Å²) in [5.74, 6) is 0. The molecule has 0 unspecified atom stereocenters. The molecule has 2 aromatic rings. The predicted molar refractivity (Wildman–Crippen MR) is 86.3 cm³/mol. The minimum Gasteiger partial charge on any atom is -0.350 e. The fraction of sp³-hybridized carbons (Fsp3) is 0.556. The molecule has 1 fully saturated rings. The molecule has 20 heavy (non-hydrogen) atoms. The maximum absolute atomic E-state index is 3.61. The van der Waals surface area contributed by atoms with Gasteiger partial charge in [-0.3, -0.25) is 0 Å². The molecule has 1 saturated carbocycles. The number of hydrogen-bond donors (Lipinski definition) is 1. The SMILES string of the molecule is Cn1cc(CCNC2CC2)c2cc(C(C)(C)C)ccc21. The Morgan fingerprint density at radius 3 is 2.65 bits per heavy atom. The molecule has 0 bridgehead atoms.